The first kappa shape index (κ1) is 22.4. The number of rotatable bonds is 7. The number of anilines is 1. The minimum Gasteiger partial charge on any atom is -0.489 e. The predicted octanol–water partition coefficient (Wildman–Crippen LogP) is 4.99. The third-order valence-electron chi connectivity index (χ3n) is 5.34. The van der Waals surface area contributed by atoms with Gasteiger partial charge in [-0.1, -0.05) is 54.6 Å². The molecule has 1 aliphatic heterocycles. The van der Waals surface area contributed by atoms with Gasteiger partial charge in [-0.2, -0.15) is 4.98 Å². The van der Waals surface area contributed by atoms with Gasteiger partial charge in [0.15, 0.2) is 5.16 Å². The van der Waals surface area contributed by atoms with E-state index in [0.717, 1.165) is 23.3 Å². The summed E-state index contributed by atoms with van der Waals surface area (Å²) in [7, 11) is 1.83. The zero-order chi connectivity index (χ0) is 22.7. The van der Waals surface area contributed by atoms with Crippen molar-refractivity contribution in [3.63, 3.8) is 0 Å². The lowest BCUT2D eigenvalue weighted by Crippen LogP contribution is -2.33. The number of fused-ring (bicyclic) bond motifs is 1. The Hall–Kier alpha value is -2.77. The van der Waals surface area contributed by atoms with Gasteiger partial charge in [0.05, 0.1) is 5.56 Å². The number of carbonyl (C=O) groups is 1. The van der Waals surface area contributed by atoms with Crippen LogP contribution < -0.4 is 15.6 Å². The van der Waals surface area contributed by atoms with E-state index in [0.29, 0.717) is 33.9 Å². The summed E-state index contributed by atoms with van der Waals surface area (Å²) in [5.74, 6) is 1.64. The van der Waals surface area contributed by atoms with Crippen LogP contribution in [0.4, 0.5) is 5.82 Å². The van der Waals surface area contributed by atoms with Gasteiger partial charge in [0.1, 0.15) is 18.2 Å². The molecular weight excluding hydrogens is 446 g/mol. The molecule has 0 radical (unpaired) electrons. The third kappa shape index (κ3) is 4.84. The second-order valence-electron chi connectivity index (χ2n) is 7.66. The lowest BCUT2D eigenvalue weighted by Gasteiger charge is -2.27. The zero-order valence-electron chi connectivity index (χ0n) is 17.9. The monoisotopic (exact) mass is 469 g/mol. The fraction of sp³-hybridized carbons (Fsp3) is 0.292. The lowest BCUT2D eigenvalue weighted by atomic mass is 9.87. The highest BCUT2D eigenvalue weighted by Crippen LogP contribution is 2.36. The molecule has 4 rings (SSSR count). The Bertz CT molecular complexity index is 1180. The van der Waals surface area contributed by atoms with Crippen LogP contribution in [0.25, 0.3) is 0 Å². The average molecular weight is 470 g/mol. The maximum absolute atomic E-state index is 12.9. The third-order valence-corrected chi connectivity index (χ3v) is 6.83. The molecule has 1 unspecified atom stereocenters. The minimum absolute atomic E-state index is 0.113. The van der Waals surface area contributed by atoms with E-state index in [-0.39, 0.29) is 23.8 Å². The van der Waals surface area contributed by atoms with Gasteiger partial charge in [-0.25, -0.2) is 0 Å². The number of amides is 1. The fourth-order valence-electron chi connectivity index (χ4n) is 3.69. The van der Waals surface area contributed by atoms with E-state index in [1.54, 1.807) is 0 Å². The summed E-state index contributed by atoms with van der Waals surface area (Å²) >= 11 is 7.43. The van der Waals surface area contributed by atoms with Crippen molar-refractivity contribution in [3.05, 3.63) is 80.6 Å². The first-order chi connectivity index (χ1) is 15.5. The van der Waals surface area contributed by atoms with Crippen molar-refractivity contribution in [1.82, 2.24) is 9.55 Å². The zero-order valence-corrected chi connectivity index (χ0v) is 19.5. The van der Waals surface area contributed by atoms with Crippen molar-refractivity contribution in [2.45, 2.75) is 37.4 Å². The standard InChI is InChI=1S/C24H24ClN3O3S/c1-3-12-32-24-27-23(30)21-19(13-20(29)26-22(21)28(24)2)16-6-10-18(11-7-16)31-14-15-4-8-17(25)9-5-15/h4-11,19H,3,12-14H2,1-2H3,(H,26,29). The maximum atomic E-state index is 12.9. The number of carbonyl (C=O) groups excluding carboxylic acids is 1. The topological polar surface area (TPSA) is 73.2 Å². The smallest absolute Gasteiger partial charge is 0.279 e. The Morgan fingerprint density at radius 2 is 1.88 bits per heavy atom. The van der Waals surface area contributed by atoms with Gasteiger partial charge < -0.3 is 14.6 Å². The summed E-state index contributed by atoms with van der Waals surface area (Å²) in [5.41, 5.74) is 2.14. The second kappa shape index (κ2) is 9.79. The van der Waals surface area contributed by atoms with E-state index in [4.69, 9.17) is 16.3 Å². The highest BCUT2D eigenvalue weighted by Gasteiger charge is 2.32. The molecule has 0 aliphatic carbocycles. The van der Waals surface area contributed by atoms with Crippen molar-refractivity contribution in [3.8, 4) is 5.75 Å². The molecule has 1 aromatic heterocycles. The fourth-order valence-corrected chi connectivity index (χ4v) is 4.63. The van der Waals surface area contributed by atoms with Crippen molar-refractivity contribution >= 4 is 35.1 Å². The van der Waals surface area contributed by atoms with Crippen LogP contribution in [0.2, 0.25) is 5.02 Å². The summed E-state index contributed by atoms with van der Waals surface area (Å²) in [6.07, 6.45) is 1.18. The summed E-state index contributed by atoms with van der Waals surface area (Å²) < 4.78 is 7.67. The number of hydrogen-bond acceptors (Lipinski definition) is 5. The van der Waals surface area contributed by atoms with Crippen molar-refractivity contribution in [1.29, 1.82) is 0 Å². The Morgan fingerprint density at radius 3 is 2.56 bits per heavy atom. The van der Waals surface area contributed by atoms with E-state index in [2.05, 4.69) is 17.2 Å². The van der Waals surface area contributed by atoms with Crippen LogP contribution >= 0.6 is 23.4 Å². The van der Waals surface area contributed by atoms with Crippen LogP contribution in [0.3, 0.4) is 0 Å². The number of ether oxygens (including phenoxy) is 1. The Balaban J connectivity index is 1.58. The number of aromatic nitrogens is 2. The predicted molar refractivity (Wildman–Crippen MR) is 128 cm³/mol. The molecule has 0 spiro atoms. The SMILES string of the molecule is CCCSc1nc(=O)c2c(n1C)NC(=O)CC2c1ccc(OCc2ccc(Cl)cc2)cc1. The van der Waals surface area contributed by atoms with Crippen LogP contribution in [0.5, 0.6) is 5.75 Å². The molecule has 1 atom stereocenters. The van der Waals surface area contributed by atoms with E-state index < -0.39 is 0 Å². The molecule has 3 aromatic rings. The Kier molecular flexibility index (Phi) is 6.86. The van der Waals surface area contributed by atoms with Crippen LogP contribution in [-0.4, -0.2) is 21.2 Å². The van der Waals surface area contributed by atoms with Crippen molar-refractivity contribution < 1.29 is 9.53 Å². The second-order valence-corrected chi connectivity index (χ2v) is 9.16. The summed E-state index contributed by atoms with van der Waals surface area (Å²) in [6, 6.07) is 15.0. The van der Waals surface area contributed by atoms with E-state index >= 15 is 0 Å². The average Bonchev–Trinajstić information content (AvgIpc) is 2.80. The molecule has 166 valence electrons. The van der Waals surface area contributed by atoms with E-state index in [9.17, 15) is 9.59 Å². The van der Waals surface area contributed by atoms with E-state index in [1.807, 2.05) is 60.1 Å². The highest BCUT2D eigenvalue weighted by atomic mass is 35.5. The number of hydrogen-bond donors (Lipinski definition) is 1. The highest BCUT2D eigenvalue weighted by molar-refractivity contribution is 7.99. The van der Waals surface area contributed by atoms with E-state index in [1.165, 1.54) is 11.8 Å². The largest absolute Gasteiger partial charge is 0.489 e. The van der Waals surface area contributed by atoms with Crippen LogP contribution in [-0.2, 0) is 18.4 Å². The molecule has 0 saturated heterocycles. The Labute approximate surface area is 196 Å². The molecule has 1 N–H and O–H groups in total. The molecule has 2 aromatic carbocycles. The molecule has 8 heteroatoms. The summed E-state index contributed by atoms with van der Waals surface area (Å²) in [5, 5.41) is 4.18. The molecule has 0 fully saturated rings. The lowest BCUT2D eigenvalue weighted by molar-refractivity contribution is -0.116. The maximum Gasteiger partial charge on any atom is 0.279 e. The normalized spacial score (nSPS) is 15.2. The molecule has 6 nitrogen and oxygen atoms in total. The van der Waals surface area contributed by atoms with Gasteiger partial charge in [-0.15, -0.1) is 0 Å². The first-order valence-corrected chi connectivity index (χ1v) is 11.8. The van der Waals surface area contributed by atoms with Crippen molar-refractivity contribution in [2.75, 3.05) is 11.1 Å². The van der Waals surface area contributed by atoms with Gasteiger partial charge in [-0.3, -0.25) is 9.59 Å². The van der Waals surface area contributed by atoms with Crippen LogP contribution in [0.1, 0.15) is 42.4 Å². The molecular formula is C24H24ClN3O3S. The molecule has 0 saturated carbocycles. The van der Waals surface area contributed by atoms with Crippen molar-refractivity contribution in [2.24, 2.45) is 7.05 Å². The number of thioether (sulfide) groups is 1. The summed E-state index contributed by atoms with van der Waals surface area (Å²) in [4.78, 5) is 29.7. The molecule has 0 bridgehead atoms. The van der Waals surface area contributed by atoms with Gasteiger partial charge in [0, 0.05) is 30.2 Å². The molecule has 1 amide bonds. The quantitative estimate of drug-likeness (QED) is 0.390. The van der Waals surface area contributed by atoms with Crippen LogP contribution in [0, 0.1) is 0 Å². The number of nitrogens with one attached hydrogen (secondary N) is 1. The Morgan fingerprint density at radius 1 is 1.16 bits per heavy atom. The minimum atomic E-state index is -0.347. The molecule has 1 aliphatic rings. The van der Waals surface area contributed by atoms with Gasteiger partial charge >= 0.3 is 0 Å². The van der Waals surface area contributed by atoms with Gasteiger partial charge in [0.2, 0.25) is 5.91 Å². The first-order valence-electron chi connectivity index (χ1n) is 10.5. The van der Waals surface area contributed by atoms with Gasteiger partial charge in [-0.05, 0) is 41.8 Å². The number of nitrogens with zero attached hydrogens (tertiary/aromatic N) is 2. The van der Waals surface area contributed by atoms with Crippen LogP contribution in [0.15, 0.2) is 58.5 Å². The molecule has 32 heavy (non-hydrogen) atoms. The number of halogens is 1. The number of benzene rings is 2. The molecule has 2 heterocycles. The van der Waals surface area contributed by atoms with Gasteiger partial charge in [0.25, 0.3) is 5.56 Å². The summed E-state index contributed by atoms with van der Waals surface area (Å²) in [6.45, 7) is 2.50.